The maximum Gasteiger partial charge on any atom is 0.326 e. The van der Waals surface area contributed by atoms with Crippen LogP contribution in [0.2, 0.25) is 0 Å². The van der Waals surface area contributed by atoms with E-state index in [-0.39, 0.29) is 64.4 Å². The van der Waals surface area contributed by atoms with Gasteiger partial charge in [-0.3, -0.25) is 33.8 Å². The van der Waals surface area contributed by atoms with Crippen molar-refractivity contribution in [3.63, 3.8) is 0 Å². The summed E-state index contributed by atoms with van der Waals surface area (Å²) in [5.74, 6) is -4.97. The van der Waals surface area contributed by atoms with Crippen LogP contribution < -0.4 is 27.8 Å². The minimum Gasteiger partial charge on any atom is -0.480 e. The van der Waals surface area contributed by atoms with Crippen LogP contribution >= 0.6 is 0 Å². The molecule has 20 heteroatoms. The molecule has 0 aromatic carbocycles. The smallest absolute Gasteiger partial charge is 0.326 e. The molecule has 0 aliphatic carbocycles. The van der Waals surface area contributed by atoms with Crippen LogP contribution in [0.1, 0.15) is 78.1 Å². The summed E-state index contributed by atoms with van der Waals surface area (Å²) in [5.41, 5.74) is 16.7. The lowest BCUT2D eigenvalue weighted by atomic mass is 10.1. The van der Waals surface area contributed by atoms with Gasteiger partial charge in [0.25, 0.3) is 0 Å². The van der Waals surface area contributed by atoms with E-state index in [1.54, 1.807) is 0 Å². The summed E-state index contributed by atoms with van der Waals surface area (Å²) in [6, 6.07) is -7.79. The zero-order valence-electron chi connectivity index (χ0n) is 31.0. The first-order chi connectivity index (χ1) is 25.5. The van der Waals surface area contributed by atoms with Crippen molar-refractivity contribution in [2.75, 3.05) is 32.7 Å². The first kappa shape index (κ1) is 42.2. The molecule has 0 spiro atoms. The number of carboxylic acid groups (broad SMARTS) is 1. The number of carbonyl (C=O) groups is 7. The SMILES string of the molecule is C[C@@H](O)[C@H](N)C(=O)N1CCC[C@H]1C(=O)N[C@@H](CCCN=C(N)N)C(=O)N[C@H](C(=O)N1CCC[C@H]1C(=O)N1CCC[C@H]1C(=O)N1CCC[C@H]1C(=O)O)[C@@H](C)O. The van der Waals surface area contributed by atoms with Crippen molar-refractivity contribution in [1.82, 2.24) is 30.2 Å². The van der Waals surface area contributed by atoms with Gasteiger partial charge in [0.15, 0.2) is 5.96 Å². The number of carboxylic acids is 1. The van der Waals surface area contributed by atoms with Gasteiger partial charge in [0.05, 0.1) is 12.2 Å². The fourth-order valence-corrected chi connectivity index (χ4v) is 7.81. The number of guanidine groups is 1. The summed E-state index contributed by atoms with van der Waals surface area (Å²) < 4.78 is 0. The van der Waals surface area contributed by atoms with Crippen molar-refractivity contribution in [2.24, 2.45) is 22.2 Å². The van der Waals surface area contributed by atoms with E-state index in [4.69, 9.17) is 17.2 Å². The number of hydrogen-bond donors (Lipinski definition) is 8. The van der Waals surface area contributed by atoms with Crippen molar-refractivity contribution >= 4 is 47.4 Å². The number of aliphatic hydroxyl groups is 2. The van der Waals surface area contributed by atoms with Crippen LogP contribution in [0.15, 0.2) is 4.99 Å². The molecule has 54 heavy (non-hydrogen) atoms. The number of aliphatic carboxylic acids is 1. The Kier molecular flexibility index (Phi) is 14.6. The summed E-state index contributed by atoms with van der Waals surface area (Å²) in [7, 11) is 0. The highest BCUT2D eigenvalue weighted by Crippen LogP contribution is 2.29. The lowest BCUT2D eigenvalue weighted by Crippen LogP contribution is -2.61. The lowest BCUT2D eigenvalue weighted by Gasteiger charge is -2.35. The molecule has 4 heterocycles. The van der Waals surface area contributed by atoms with E-state index in [9.17, 15) is 48.9 Å². The van der Waals surface area contributed by atoms with Crippen molar-refractivity contribution in [3.8, 4) is 0 Å². The second-order valence-electron chi connectivity index (χ2n) is 14.6. The van der Waals surface area contributed by atoms with Gasteiger partial charge < -0.3 is 62.8 Å². The number of rotatable bonds is 15. The van der Waals surface area contributed by atoms with Crippen LogP contribution in [0, 0.1) is 0 Å². The molecule has 0 saturated carbocycles. The van der Waals surface area contributed by atoms with E-state index in [1.165, 1.54) is 33.4 Å². The molecule has 302 valence electrons. The molecular weight excluding hydrogens is 708 g/mol. The van der Waals surface area contributed by atoms with E-state index in [2.05, 4.69) is 15.6 Å². The largest absolute Gasteiger partial charge is 0.480 e. The van der Waals surface area contributed by atoms with Gasteiger partial charge in [0, 0.05) is 32.7 Å². The summed E-state index contributed by atoms with van der Waals surface area (Å²) in [5, 5.41) is 35.5. The highest BCUT2D eigenvalue weighted by atomic mass is 16.4. The van der Waals surface area contributed by atoms with Gasteiger partial charge in [-0.25, -0.2) is 4.79 Å². The van der Waals surface area contributed by atoms with Crippen LogP contribution in [-0.2, 0) is 33.6 Å². The number of carbonyl (C=O) groups excluding carboxylic acids is 6. The number of nitrogens with one attached hydrogen (secondary N) is 2. The molecular formula is C34H56N10O10. The molecule has 4 saturated heterocycles. The number of aliphatic imine (C=N–C) groups is 1. The minimum atomic E-state index is -1.52. The number of nitrogens with zero attached hydrogens (tertiary/aromatic N) is 5. The molecule has 0 aromatic rings. The summed E-state index contributed by atoms with van der Waals surface area (Å²) in [4.78, 5) is 103. The molecule has 9 atom stereocenters. The third-order valence-corrected chi connectivity index (χ3v) is 10.7. The number of nitrogens with two attached hydrogens (primary N) is 3. The topological polar surface area (TPSA) is 308 Å². The fraction of sp³-hybridized carbons (Fsp3) is 0.765. The van der Waals surface area contributed by atoms with Crippen molar-refractivity contribution in [1.29, 1.82) is 0 Å². The Morgan fingerprint density at radius 1 is 0.704 bits per heavy atom. The van der Waals surface area contributed by atoms with E-state index >= 15 is 0 Å². The molecule has 4 rings (SSSR count). The Labute approximate surface area is 313 Å². The van der Waals surface area contributed by atoms with Gasteiger partial charge in [-0.05, 0) is 78.1 Å². The fourth-order valence-electron chi connectivity index (χ4n) is 7.81. The van der Waals surface area contributed by atoms with Crippen molar-refractivity contribution in [2.45, 2.75) is 133 Å². The van der Waals surface area contributed by atoms with Gasteiger partial charge in [-0.2, -0.15) is 0 Å². The average Bonchev–Trinajstić information content (AvgIpc) is 3.96. The molecule has 0 radical (unpaired) electrons. The number of likely N-dealkylation sites (tertiary alicyclic amines) is 4. The summed E-state index contributed by atoms with van der Waals surface area (Å²) in [6.45, 7) is 3.69. The van der Waals surface area contributed by atoms with E-state index < -0.39 is 95.9 Å². The predicted molar refractivity (Wildman–Crippen MR) is 192 cm³/mol. The summed E-state index contributed by atoms with van der Waals surface area (Å²) in [6.07, 6.45) is 0.910. The molecule has 0 unspecified atom stereocenters. The molecule has 11 N–H and O–H groups in total. The van der Waals surface area contributed by atoms with Crippen LogP contribution in [0.3, 0.4) is 0 Å². The zero-order chi connectivity index (χ0) is 39.9. The maximum atomic E-state index is 14.1. The normalized spacial score (nSPS) is 25.4. The van der Waals surface area contributed by atoms with Crippen LogP contribution in [0.4, 0.5) is 0 Å². The molecule has 4 aliphatic rings. The van der Waals surface area contributed by atoms with E-state index in [0.29, 0.717) is 38.5 Å². The predicted octanol–water partition coefficient (Wildman–Crippen LogP) is -3.85. The molecule has 4 aliphatic heterocycles. The second-order valence-corrected chi connectivity index (χ2v) is 14.6. The first-order valence-electron chi connectivity index (χ1n) is 18.8. The Balaban J connectivity index is 1.48. The zero-order valence-corrected chi connectivity index (χ0v) is 31.0. The van der Waals surface area contributed by atoms with Crippen molar-refractivity contribution in [3.05, 3.63) is 0 Å². The van der Waals surface area contributed by atoms with Crippen molar-refractivity contribution < 1.29 is 48.9 Å². The lowest BCUT2D eigenvalue weighted by molar-refractivity contribution is -0.154. The van der Waals surface area contributed by atoms with Gasteiger partial charge in [0.1, 0.15) is 42.3 Å². The minimum absolute atomic E-state index is 0.0118. The molecule has 0 aromatic heterocycles. The molecule has 0 bridgehead atoms. The Morgan fingerprint density at radius 2 is 1.19 bits per heavy atom. The molecule has 6 amide bonds. The quantitative estimate of drug-likeness (QED) is 0.0451. The van der Waals surface area contributed by atoms with Crippen LogP contribution in [0.5, 0.6) is 0 Å². The Hall–Kier alpha value is -4.56. The van der Waals surface area contributed by atoms with Crippen LogP contribution in [-0.4, -0.2) is 170 Å². The van der Waals surface area contributed by atoms with Gasteiger partial charge in [0.2, 0.25) is 35.4 Å². The third-order valence-electron chi connectivity index (χ3n) is 10.7. The average molecular weight is 765 g/mol. The van der Waals surface area contributed by atoms with E-state index in [0.717, 1.165) is 0 Å². The third kappa shape index (κ3) is 9.75. The highest BCUT2D eigenvalue weighted by Gasteiger charge is 2.47. The van der Waals surface area contributed by atoms with Crippen LogP contribution in [0.25, 0.3) is 0 Å². The monoisotopic (exact) mass is 764 g/mol. The van der Waals surface area contributed by atoms with Gasteiger partial charge in [-0.1, -0.05) is 0 Å². The first-order valence-corrected chi connectivity index (χ1v) is 18.8. The highest BCUT2D eigenvalue weighted by molar-refractivity contribution is 5.98. The summed E-state index contributed by atoms with van der Waals surface area (Å²) >= 11 is 0. The van der Waals surface area contributed by atoms with E-state index in [1.807, 2.05) is 0 Å². The maximum absolute atomic E-state index is 14.1. The Bertz CT molecular complexity index is 1460. The molecule has 4 fully saturated rings. The second kappa shape index (κ2) is 18.7. The van der Waals surface area contributed by atoms with Gasteiger partial charge in [-0.15, -0.1) is 0 Å². The van der Waals surface area contributed by atoms with Gasteiger partial charge >= 0.3 is 5.97 Å². The number of amides is 6. The number of hydrogen-bond acceptors (Lipinski definition) is 11. The Morgan fingerprint density at radius 3 is 1.70 bits per heavy atom. The molecule has 20 nitrogen and oxygen atoms in total. The standard InChI is InChI=1S/C34H56N10O10/c1-18(45)25(35)31(51)41-14-4-9-21(41)28(48)39-20(8-3-13-38-34(36)37)27(47)40-26(19(2)46)32(52)43-16-6-11-23(43)29(49)42-15-5-10-22(42)30(50)44-17-7-12-24(44)33(53)54/h18-26,45-46H,3-17,35H2,1-2H3,(H,39,48)(H,40,47)(H,53,54)(H4,36,37,38)/t18-,19-,20+,21+,22+,23+,24+,25+,26+/m1/s1. The number of aliphatic hydroxyl groups excluding tert-OH is 2.